The van der Waals surface area contributed by atoms with Crippen LogP contribution in [-0.4, -0.2) is 0 Å². The van der Waals surface area contributed by atoms with Gasteiger partial charge in [-0.1, -0.05) is 228 Å². The van der Waals surface area contributed by atoms with E-state index in [9.17, 15) is 0 Å². The van der Waals surface area contributed by atoms with E-state index in [4.69, 9.17) is 11.6 Å². The molecule has 7 aliphatic rings. The maximum Gasteiger partial charge on any atom is 0.0408 e. The highest BCUT2D eigenvalue weighted by molar-refractivity contribution is 6.30. The number of hydrogen-bond acceptors (Lipinski definition) is 0. The Bertz CT molecular complexity index is 1210. The van der Waals surface area contributed by atoms with Gasteiger partial charge in [0.15, 0.2) is 0 Å². The maximum absolute atomic E-state index is 5.83. The van der Waals surface area contributed by atoms with E-state index in [1.54, 1.807) is 38.5 Å². The fourth-order valence-corrected chi connectivity index (χ4v) is 8.96. The van der Waals surface area contributed by atoms with E-state index in [1.807, 2.05) is 18.2 Å². The summed E-state index contributed by atoms with van der Waals surface area (Å²) in [5.74, 6) is 12.1. The molecule has 0 amide bonds. The van der Waals surface area contributed by atoms with Gasteiger partial charge in [0.25, 0.3) is 0 Å². The molecule has 2 bridgehead atoms. The van der Waals surface area contributed by atoms with Crippen molar-refractivity contribution in [1.82, 2.24) is 0 Å². The normalized spacial score (nSPS) is 23.3. The molecule has 1 aromatic carbocycles. The summed E-state index contributed by atoms with van der Waals surface area (Å²) in [5, 5.41) is 0.836. The predicted molar refractivity (Wildman–Crippen MR) is 291 cm³/mol. The van der Waals surface area contributed by atoms with Gasteiger partial charge in [-0.3, -0.25) is 0 Å². The zero-order valence-corrected chi connectivity index (χ0v) is 48.6. The first-order chi connectivity index (χ1) is 28.9. The molecule has 0 N–H and O–H groups in total. The molecule has 8 rings (SSSR count). The average molecular weight is 900 g/mol. The first kappa shape index (κ1) is 62.5. The molecule has 63 heavy (non-hydrogen) atoms. The summed E-state index contributed by atoms with van der Waals surface area (Å²) < 4.78 is 0. The third kappa shape index (κ3) is 23.9. The number of rotatable bonds is 11. The van der Waals surface area contributed by atoms with Crippen molar-refractivity contribution < 1.29 is 0 Å². The molecule has 0 aromatic heterocycles. The Morgan fingerprint density at radius 1 is 0.635 bits per heavy atom. The Kier molecular flexibility index (Phi) is 29.2. The van der Waals surface area contributed by atoms with Crippen molar-refractivity contribution in [3.63, 3.8) is 0 Å². The van der Waals surface area contributed by atoms with Gasteiger partial charge in [-0.15, -0.1) is 0 Å². The fraction of sp³-hybridized carbons (Fsp3) is 0.903. The topological polar surface area (TPSA) is 0 Å². The third-order valence-corrected chi connectivity index (χ3v) is 18.6. The van der Waals surface area contributed by atoms with Gasteiger partial charge in [0, 0.05) is 5.02 Å². The molecular formula is C62H119Cl. The molecule has 1 spiro atoms. The van der Waals surface area contributed by atoms with Crippen molar-refractivity contribution >= 4 is 11.6 Å². The van der Waals surface area contributed by atoms with Crippen LogP contribution >= 0.6 is 11.6 Å². The van der Waals surface area contributed by atoms with Crippen LogP contribution < -0.4 is 0 Å². The Hall–Kier alpha value is -0.490. The van der Waals surface area contributed by atoms with Crippen LogP contribution in [0.2, 0.25) is 5.02 Å². The lowest BCUT2D eigenvalue weighted by atomic mass is 9.41. The minimum absolute atomic E-state index is 0.542. The molecule has 0 nitrogen and oxygen atoms in total. The second-order valence-corrected chi connectivity index (χ2v) is 26.8. The van der Waals surface area contributed by atoms with Gasteiger partial charge >= 0.3 is 0 Å². The van der Waals surface area contributed by atoms with Gasteiger partial charge in [-0.25, -0.2) is 0 Å². The summed E-state index contributed by atoms with van der Waals surface area (Å²) in [6.45, 7) is 55.1. The van der Waals surface area contributed by atoms with Crippen molar-refractivity contribution in [1.29, 1.82) is 0 Å². The van der Waals surface area contributed by atoms with Gasteiger partial charge in [-0.2, -0.15) is 0 Å². The van der Waals surface area contributed by atoms with E-state index >= 15 is 0 Å². The monoisotopic (exact) mass is 899 g/mol. The molecule has 7 aliphatic carbocycles. The van der Waals surface area contributed by atoms with Crippen LogP contribution in [0.5, 0.6) is 0 Å². The first-order valence-electron chi connectivity index (χ1n) is 27.7. The van der Waals surface area contributed by atoms with E-state index in [2.05, 4.69) is 172 Å². The third-order valence-electron chi connectivity index (χ3n) is 18.4. The lowest BCUT2D eigenvalue weighted by Gasteiger charge is -2.64. The second-order valence-electron chi connectivity index (χ2n) is 26.4. The van der Waals surface area contributed by atoms with Crippen LogP contribution in [0.1, 0.15) is 262 Å². The molecular weight excluding hydrogens is 780 g/mol. The van der Waals surface area contributed by atoms with E-state index in [0.717, 1.165) is 98.7 Å². The van der Waals surface area contributed by atoms with Crippen LogP contribution in [0.4, 0.5) is 0 Å². The predicted octanol–water partition coefficient (Wildman–Crippen LogP) is 21.8. The van der Waals surface area contributed by atoms with Crippen molar-refractivity contribution in [2.24, 2.45) is 98.6 Å². The average Bonchev–Trinajstić information content (AvgIpc) is 4.03. The lowest BCUT2D eigenvalue weighted by molar-refractivity contribution is -0.141. The largest absolute Gasteiger partial charge is 0.0843 e. The number of halogens is 1. The summed E-state index contributed by atoms with van der Waals surface area (Å²) in [6, 6.07) is 8.05. The molecule has 0 saturated heterocycles. The van der Waals surface area contributed by atoms with Crippen molar-refractivity contribution in [2.75, 3.05) is 0 Å². The Labute approximate surface area is 405 Å². The van der Waals surface area contributed by atoms with Crippen molar-refractivity contribution in [3.05, 3.63) is 34.9 Å². The Balaban J connectivity index is 0.000000701. The van der Waals surface area contributed by atoms with E-state index in [0.29, 0.717) is 11.3 Å². The van der Waals surface area contributed by atoms with Gasteiger partial charge < -0.3 is 0 Å². The van der Waals surface area contributed by atoms with E-state index in [-0.39, 0.29) is 0 Å². The zero-order valence-electron chi connectivity index (χ0n) is 47.8. The quantitative estimate of drug-likeness (QED) is 0.208. The van der Waals surface area contributed by atoms with Crippen LogP contribution in [0, 0.1) is 98.6 Å². The van der Waals surface area contributed by atoms with Crippen LogP contribution in [-0.2, 0) is 6.42 Å². The molecule has 7 saturated carbocycles. The summed E-state index contributed by atoms with van der Waals surface area (Å²) >= 11 is 5.83. The minimum Gasteiger partial charge on any atom is -0.0843 e. The molecule has 1 heteroatoms. The lowest BCUT2D eigenvalue weighted by Crippen LogP contribution is -2.54. The fourth-order valence-electron chi connectivity index (χ4n) is 8.74. The first-order valence-corrected chi connectivity index (χ1v) is 28.1. The smallest absolute Gasteiger partial charge is 0.0408 e. The van der Waals surface area contributed by atoms with E-state index in [1.165, 1.54) is 56.9 Å². The summed E-state index contributed by atoms with van der Waals surface area (Å²) in [6.07, 6.45) is 21.9. The zero-order chi connectivity index (χ0) is 49.1. The van der Waals surface area contributed by atoms with Crippen LogP contribution in [0.3, 0.4) is 0 Å². The Morgan fingerprint density at radius 3 is 1.25 bits per heavy atom. The second kappa shape index (κ2) is 29.4. The molecule has 1 aromatic rings. The van der Waals surface area contributed by atoms with Crippen LogP contribution in [0.25, 0.3) is 0 Å². The Morgan fingerprint density at radius 2 is 1.14 bits per heavy atom. The molecule has 0 heterocycles. The highest BCUT2D eigenvalue weighted by Gasteiger charge is 2.63. The minimum atomic E-state index is 0.542. The standard InChI is InChI=1S/C10H13Cl.2C8H14.C8H16.C8H18.C7H14.C7H16.C6H14/c1-8(2)6-9-4-3-5-10(11)7-9;1-6(2)8-3-7(4-8)5-8;1-6(2)7-5-8(7)3-4-8;1-7(2)8(3)5-4-6-8;1-6-8(4,5)7(2)3;1-6(2)7-4-3-5-7;1-5-7(4)6(2)3;1-5(2)6(3)4/h3-5,7-8H,6H2,1-2H3;2*6-7H,3-5H2,1-2H3;7H,4-6H2,1-3H3;7H,6H2,1-5H3;6-7H,3-5H2,1-2H3;6-7H,5H2,1-4H3;5-6H,1-4H3. The highest BCUT2D eigenvalue weighted by Crippen LogP contribution is 2.72. The van der Waals surface area contributed by atoms with Gasteiger partial charge in [0.2, 0.25) is 0 Å². The molecule has 0 aliphatic heterocycles. The molecule has 2 atom stereocenters. The van der Waals surface area contributed by atoms with E-state index < -0.39 is 0 Å². The van der Waals surface area contributed by atoms with Crippen LogP contribution in [0.15, 0.2) is 24.3 Å². The van der Waals surface area contributed by atoms with Crippen molar-refractivity contribution in [3.8, 4) is 0 Å². The molecule has 374 valence electrons. The molecule has 7 fully saturated rings. The number of benzene rings is 1. The summed E-state index contributed by atoms with van der Waals surface area (Å²) in [7, 11) is 0. The van der Waals surface area contributed by atoms with Gasteiger partial charge in [0.05, 0.1) is 0 Å². The van der Waals surface area contributed by atoms with Gasteiger partial charge in [-0.05, 0) is 174 Å². The van der Waals surface area contributed by atoms with Gasteiger partial charge in [0.1, 0.15) is 0 Å². The molecule has 0 radical (unpaired) electrons. The maximum atomic E-state index is 5.83. The van der Waals surface area contributed by atoms with Crippen molar-refractivity contribution in [2.45, 2.75) is 262 Å². The highest BCUT2D eigenvalue weighted by atomic mass is 35.5. The summed E-state index contributed by atoms with van der Waals surface area (Å²) in [4.78, 5) is 0. The number of hydrogen-bond donors (Lipinski definition) is 0. The SMILES string of the molecule is CC(C)C(C)C.CC(C)C1(C)CCC1.CC(C)C12CC(C1)C2.CC(C)C1CC12CC2.CC(C)C1CCC1.CC(C)Cc1cccc(Cl)c1.CCC(C)(C)C(C)C.CCC(C)C(C)C. The molecule has 2 unspecified atom stereocenters. The summed E-state index contributed by atoms with van der Waals surface area (Å²) in [5.41, 5.74) is 4.39.